The van der Waals surface area contributed by atoms with Crippen LogP contribution in [0.25, 0.3) is 21.7 Å². The largest absolute Gasteiger partial charge is 0.454 e. The molecule has 0 radical (unpaired) electrons. The zero-order valence-corrected chi connectivity index (χ0v) is 82.1. The molecule has 4 aromatic heterocycles. The second-order valence-corrected chi connectivity index (χ2v) is 28.0. The summed E-state index contributed by atoms with van der Waals surface area (Å²) in [4.78, 5) is 14.6. The molecular weight excluding hydrogens is 1390 g/mol. The Balaban J connectivity index is -0.0000000966. The van der Waals surface area contributed by atoms with Crippen molar-refractivity contribution in [2.75, 3.05) is 20.0 Å². The van der Waals surface area contributed by atoms with Gasteiger partial charge in [0, 0.05) is 43.4 Å². The average molecular weight is 1580 g/mol. The molecule has 2 aliphatic heterocycles. The summed E-state index contributed by atoms with van der Waals surface area (Å²) in [5.74, 6) is 9.94. The van der Waals surface area contributed by atoms with Gasteiger partial charge in [0.05, 0.1) is 11.7 Å². The second kappa shape index (κ2) is 113. The first-order valence-electron chi connectivity index (χ1n) is 44.3. The Morgan fingerprint density at radius 3 is 0.991 bits per heavy atom. The number of ether oxygens (including phenoxy) is 3. The molecule has 0 bridgehead atoms. The third kappa shape index (κ3) is 116. The molecule has 11 heteroatoms. The molecule has 113 heavy (non-hydrogen) atoms. The summed E-state index contributed by atoms with van der Waals surface area (Å²) >= 11 is 0. The van der Waals surface area contributed by atoms with E-state index in [2.05, 4.69) is 273 Å². The number of rotatable bonds is 3. The van der Waals surface area contributed by atoms with Crippen molar-refractivity contribution >= 4 is 21.7 Å². The molecule has 1 aliphatic carbocycles. The summed E-state index contributed by atoms with van der Waals surface area (Å²) in [5.41, 5.74) is 3.95. The van der Waals surface area contributed by atoms with Crippen molar-refractivity contribution in [1.29, 1.82) is 0 Å². The zero-order valence-electron chi connectivity index (χ0n) is 82.1. The molecule has 9 aromatic rings. The van der Waals surface area contributed by atoms with E-state index in [-0.39, 0.29) is 0 Å². The standard InChI is InChI=1S/C13H14.C9H18.C9H12.C7H6N2.C7H6O2.C5H5N.C4H4N2.C4H8O.6C4H10.C2H2N2O.9C2H6/c1-10(2)12-9-5-7-11-6-3-4-8-13(11)12;2*1-8(2)9-6-4-3-5-7-9;1-2-4-7-6(3-1)5-8-9-7;1-2-4-7-6(3-1)8-5-9-7;1-2-4-6-5-3-1;1-2-5-4-6-3-1;1-2-4-5-3-1;6*1-4(2)3;1-3-2-5-4-1;9*1-2/h3-10H,1-2H3;8-9H,3-7H2,1-2H3;3-8H,1-2H3;1-5H,(H,8,9);1-4H,5H2;1-5H;1-4H;1-4H2;6*4H,1-3H3;1-2H;9*1-2H3. The molecule has 0 unspecified atom stereocenters. The maximum Gasteiger partial charge on any atom is 0.231 e. The van der Waals surface area contributed by atoms with Crippen LogP contribution >= 0.6 is 0 Å². The number of aromatic amines is 1. The van der Waals surface area contributed by atoms with Gasteiger partial charge < -0.3 is 18.7 Å². The van der Waals surface area contributed by atoms with Crippen LogP contribution in [0.2, 0.25) is 0 Å². The topological polar surface area (TPSA) is 134 Å². The van der Waals surface area contributed by atoms with Gasteiger partial charge in [-0.2, -0.15) is 5.10 Å². The molecular formula is C102H189N7O4. The Labute approximate surface area is 704 Å². The lowest BCUT2D eigenvalue weighted by atomic mass is 9.82. The lowest BCUT2D eigenvalue weighted by Crippen LogP contribution is -2.12. The molecule has 0 atom stereocenters. The van der Waals surface area contributed by atoms with Crippen LogP contribution in [0.4, 0.5) is 0 Å². The van der Waals surface area contributed by atoms with E-state index in [1.54, 1.807) is 30.9 Å². The van der Waals surface area contributed by atoms with Crippen molar-refractivity contribution in [1.82, 2.24) is 35.3 Å². The van der Waals surface area contributed by atoms with E-state index in [9.17, 15) is 0 Å². The first-order chi connectivity index (χ1) is 54.2. The lowest BCUT2D eigenvalue weighted by Gasteiger charge is -2.24. The summed E-state index contributed by atoms with van der Waals surface area (Å²) in [5, 5.41) is 13.9. The summed E-state index contributed by atoms with van der Waals surface area (Å²) in [7, 11) is 0. The summed E-state index contributed by atoms with van der Waals surface area (Å²) < 4.78 is 19.3. The molecule has 0 amide bonds. The van der Waals surface area contributed by atoms with E-state index in [1.165, 1.54) is 85.9 Å². The molecule has 1 saturated carbocycles. The van der Waals surface area contributed by atoms with Gasteiger partial charge in [-0.05, 0) is 130 Å². The normalized spacial score (nSPS) is 10.5. The fraction of sp³-hybridized carbons (Fsp3) is 0.608. The average Bonchev–Trinajstić information content (AvgIpc) is 1.38. The Bertz CT molecular complexity index is 2670. The number of pyridine rings is 1. The Morgan fingerprint density at radius 1 is 0.336 bits per heavy atom. The van der Waals surface area contributed by atoms with Gasteiger partial charge in [-0.15, -0.1) is 0 Å². The van der Waals surface area contributed by atoms with E-state index in [0.29, 0.717) is 18.6 Å². The number of hydrogen-bond acceptors (Lipinski definition) is 10. The first kappa shape index (κ1) is 132. The quantitative estimate of drug-likeness (QED) is 0.182. The van der Waals surface area contributed by atoms with Crippen LogP contribution in [0.3, 0.4) is 0 Å². The van der Waals surface area contributed by atoms with Crippen molar-refractivity contribution in [3.8, 4) is 11.5 Å². The van der Waals surface area contributed by atoms with Crippen LogP contribution in [-0.2, 0) is 4.74 Å². The molecule has 1 N–H and O–H groups in total. The smallest absolute Gasteiger partial charge is 0.231 e. The number of nitrogens with one attached hydrogen (secondary N) is 1. The molecule has 11 nitrogen and oxygen atoms in total. The minimum Gasteiger partial charge on any atom is -0.454 e. The van der Waals surface area contributed by atoms with E-state index >= 15 is 0 Å². The Morgan fingerprint density at radius 2 is 0.708 bits per heavy atom. The van der Waals surface area contributed by atoms with E-state index in [4.69, 9.17) is 14.2 Å². The number of hydrogen-bond donors (Lipinski definition) is 1. The molecule has 2 fully saturated rings. The van der Waals surface area contributed by atoms with Crippen molar-refractivity contribution in [3.05, 3.63) is 207 Å². The highest BCUT2D eigenvalue weighted by atomic mass is 16.7. The van der Waals surface area contributed by atoms with Crippen LogP contribution in [-0.4, -0.2) is 55.3 Å². The molecule has 5 aromatic carbocycles. The van der Waals surface area contributed by atoms with Gasteiger partial charge in [0.1, 0.15) is 6.33 Å². The van der Waals surface area contributed by atoms with Crippen molar-refractivity contribution < 1.29 is 18.7 Å². The number of aromatic nitrogens is 7. The summed E-state index contributed by atoms with van der Waals surface area (Å²) in [6.07, 6.45) is 22.8. The van der Waals surface area contributed by atoms with E-state index in [1.807, 2.05) is 204 Å². The Kier molecular flexibility index (Phi) is 132. The van der Waals surface area contributed by atoms with Gasteiger partial charge in [0.15, 0.2) is 17.8 Å². The highest BCUT2D eigenvalue weighted by Crippen LogP contribution is 2.31. The SMILES string of the molecule is C1CCOC1.CC.CC.CC.CC.CC.CC.CC.CC.CC.CC(C)C.CC(C)C.CC(C)C.CC(C)C.CC(C)C.CC(C)C.CC(C)C1CCCCC1.CC(C)c1cccc2ccccc12.CC(C)c1ccccc1.c1ccc2[nH]ncc2c1.c1ccc2c(c1)OCO2.c1ccncc1.c1cncnc1.c1ncon1. The lowest BCUT2D eigenvalue weighted by molar-refractivity contribution is 0.174. The highest BCUT2D eigenvalue weighted by Gasteiger charge is 2.16. The number of para-hydroxylation sites is 3. The maximum atomic E-state index is 5.08. The first-order valence-corrected chi connectivity index (χ1v) is 44.3. The van der Waals surface area contributed by atoms with E-state index in [0.717, 1.165) is 83.0 Å². The van der Waals surface area contributed by atoms with E-state index < -0.39 is 0 Å². The van der Waals surface area contributed by atoms with Gasteiger partial charge in [0.2, 0.25) is 13.2 Å². The van der Waals surface area contributed by atoms with Crippen molar-refractivity contribution in [2.45, 2.75) is 348 Å². The molecule has 6 heterocycles. The molecule has 0 spiro atoms. The van der Waals surface area contributed by atoms with Crippen LogP contribution in [0.1, 0.15) is 359 Å². The van der Waals surface area contributed by atoms with Gasteiger partial charge in [-0.25, -0.2) is 15.0 Å². The third-order valence-electron chi connectivity index (χ3n) is 11.3. The maximum absolute atomic E-state index is 5.08. The Hall–Kier alpha value is -7.24. The number of fused-ring (bicyclic) bond motifs is 3. The number of H-pyrrole nitrogens is 1. The molecule has 656 valence electrons. The molecule has 1 saturated heterocycles. The minimum atomic E-state index is 0.360. The van der Waals surface area contributed by atoms with Crippen LogP contribution < -0.4 is 9.47 Å². The van der Waals surface area contributed by atoms with Crippen molar-refractivity contribution in [3.63, 3.8) is 0 Å². The predicted molar refractivity (Wildman–Crippen MR) is 514 cm³/mol. The second-order valence-electron chi connectivity index (χ2n) is 28.0. The molecule has 12 rings (SSSR count). The van der Waals surface area contributed by atoms with Gasteiger partial charge in [-0.3, -0.25) is 10.1 Å². The van der Waals surface area contributed by atoms with Gasteiger partial charge in [0.25, 0.3) is 0 Å². The predicted octanol–water partition coefficient (Wildman–Crippen LogP) is 34.6. The summed E-state index contributed by atoms with van der Waals surface area (Å²) in [6.45, 7) is 91.0. The van der Waals surface area contributed by atoms with Crippen molar-refractivity contribution in [2.24, 2.45) is 47.3 Å². The fourth-order valence-electron chi connectivity index (χ4n) is 7.33. The minimum absolute atomic E-state index is 0.360. The van der Waals surface area contributed by atoms with Gasteiger partial charge in [-0.1, -0.05) is 437 Å². The van der Waals surface area contributed by atoms with Crippen LogP contribution in [0, 0.1) is 47.3 Å². The van der Waals surface area contributed by atoms with Gasteiger partial charge >= 0.3 is 0 Å². The van der Waals surface area contributed by atoms with Crippen LogP contribution in [0.5, 0.6) is 11.5 Å². The monoisotopic (exact) mass is 1580 g/mol. The highest BCUT2D eigenvalue weighted by molar-refractivity contribution is 5.86. The number of benzene rings is 5. The van der Waals surface area contributed by atoms with Crippen LogP contribution in [0.15, 0.2) is 200 Å². The summed E-state index contributed by atoms with van der Waals surface area (Å²) in [6, 6.07) is 48.7. The third-order valence-corrected chi connectivity index (χ3v) is 11.3. The molecule has 3 aliphatic rings. The zero-order chi connectivity index (χ0) is 89.9. The fourth-order valence-corrected chi connectivity index (χ4v) is 7.33. The number of nitrogens with zero attached hydrogens (tertiary/aromatic N) is 6.